The van der Waals surface area contributed by atoms with Crippen LogP contribution in [0.3, 0.4) is 0 Å². The summed E-state index contributed by atoms with van der Waals surface area (Å²) in [6.45, 7) is 1.55. The maximum Gasteiger partial charge on any atom is 0.292 e. The Morgan fingerprint density at radius 2 is 1.73 bits per heavy atom. The van der Waals surface area contributed by atoms with Gasteiger partial charge in [-0.25, -0.2) is 9.29 Å². The highest BCUT2D eigenvalue weighted by Crippen LogP contribution is 2.23. The highest BCUT2D eigenvalue weighted by atomic mass is 19.1. The van der Waals surface area contributed by atoms with Crippen LogP contribution in [-0.4, -0.2) is 30.9 Å². The third kappa shape index (κ3) is 3.06. The molecule has 1 unspecified atom stereocenters. The first-order chi connectivity index (χ1) is 12.6. The Hall–Kier alpha value is -2.79. The van der Waals surface area contributed by atoms with Crippen LogP contribution in [-0.2, 0) is 9.59 Å². The van der Waals surface area contributed by atoms with Gasteiger partial charge in [0.1, 0.15) is 5.82 Å². The number of nitrogens with one attached hydrogen (secondary N) is 1. The molecule has 2 aromatic rings. The Bertz CT molecular complexity index is 861. The minimum Gasteiger partial charge on any atom is -0.321 e. The van der Waals surface area contributed by atoms with Crippen LogP contribution in [0.2, 0.25) is 0 Å². The SMILES string of the molecule is O=C1C[C@H]([NH+]2CC=C(c3ccccc3)CC2)C(=O)N1c1ccc(F)cc1. The van der Waals surface area contributed by atoms with Gasteiger partial charge in [0.05, 0.1) is 25.2 Å². The molecule has 1 fully saturated rings. The molecule has 0 saturated carbocycles. The average Bonchev–Trinajstić information content (AvgIpc) is 2.98. The molecule has 0 bridgehead atoms. The van der Waals surface area contributed by atoms with E-state index in [1.54, 1.807) is 0 Å². The van der Waals surface area contributed by atoms with E-state index in [-0.39, 0.29) is 30.1 Å². The zero-order chi connectivity index (χ0) is 18.1. The number of quaternary nitrogens is 1. The second-order valence-electron chi connectivity index (χ2n) is 6.76. The number of amides is 2. The van der Waals surface area contributed by atoms with Crippen molar-refractivity contribution in [3.8, 4) is 0 Å². The number of halogens is 1. The van der Waals surface area contributed by atoms with Crippen molar-refractivity contribution in [2.24, 2.45) is 0 Å². The molecule has 1 saturated heterocycles. The average molecular weight is 351 g/mol. The predicted molar refractivity (Wildman–Crippen MR) is 97.0 cm³/mol. The maximum absolute atomic E-state index is 13.1. The number of anilines is 1. The zero-order valence-corrected chi connectivity index (χ0v) is 14.3. The number of rotatable bonds is 3. The first-order valence-corrected chi connectivity index (χ1v) is 8.85. The molecule has 0 aromatic heterocycles. The number of hydrogen-bond acceptors (Lipinski definition) is 2. The van der Waals surface area contributed by atoms with E-state index in [0.29, 0.717) is 5.69 Å². The molecule has 2 amide bonds. The molecule has 0 spiro atoms. The summed E-state index contributed by atoms with van der Waals surface area (Å²) >= 11 is 0. The Morgan fingerprint density at radius 1 is 1.00 bits per heavy atom. The van der Waals surface area contributed by atoms with Gasteiger partial charge in [-0.2, -0.15) is 0 Å². The Kier molecular flexibility index (Phi) is 4.39. The number of hydrogen-bond donors (Lipinski definition) is 1. The van der Waals surface area contributed by atoms with E-state index in [2.05, 4.69) is 18.2 Å². The maximum atomic E-state index is 13.1. The lowest BCUT2D eigenvalue weighted by Crippen LogP contribution is -3.17. The van der Waals surface area contributed by atoms with E-state index in [4.69, 9.17) is 0 Å². The number of carbonyl (C=O) groups is 2. The summed E-state index contributed by atoms with van der Waals surface area (Å²) in [5.41, 5.74) is 2.95. The van der Waals surface area contributed by atoms with Crippen LogP contribution in [0.1, 0.15) is 18.4 Å². The van der Waals surface area contributed by atoms with Gasteiger partial charge in [-0.3, -0.25) is 9.59 Å². The molecule has 4 nitrogen and oxygen atoms in total. The summed E-state index contributed by atoms with van der Waals surface area (Å²) in [7, 11) is 0. The largest absolute Gasteiger partial charge is 0.321 e. The van der Waals surface area contributed by atoms with Crippen LogP contribution in [0.25, 0.3) is 5.57 Å². The van der Waals surface area contributed by atoms with Crippen molar-refractivity contribution in [3.63, 3.8) is 0 Å². The van der Waals surface area contributed by atoms with Gasteiger partial charge >= 0.3 is 0 Å². The molecular formula is C21H20FN2O2+. The molecule has 1 N–H and O–H groups in total. The lowest BCUT2D eigenvalue weighted by Gasteiger charge is -2.27. The second-order valence-corrected chi connectivity index (χ2v) is 6.76. The lowest BCUT2D eigenvalue weighted by atomic mass is 9.98. The van der Waals surface area contributed by atoms with Gasteiger partial charge in [0.2, 0.25) is 5.91 Å². The second kappa shape index (κ2) is 6.84. The highest BCUT2D eigenvalue weighted by Gasteiger charge is 2.45. The van der Waals surface area contributed by atoms with Crippen LogP contribution in [0.5, 0.6) is 0 Å². The number of imide groups is 1. The normalized spacial score (nSPS) is 23.3. The topological polar surface area (TPSA) is 41.8 Å². The third-order valence-corrected chi connectivity index (χ3v) is 5.19. The van der Waals surface area contributed by atoms with Gasteiger partial charge in [-0.05, 0) is 41.5 Å². The number of nitrogens with zero attached hydrogens (tertiary/aromatic N) is 1. The number of carbonyl (C=O) groups excluding carboxylic acids is 2. The van der Waals surface area contributed by atoms with E-state index in [9.17, 15) is 14.0 Å². The van der Waals surface area contributed by atoms with Crippen molar-refractivity contribution >= 4 is 23.1 Å². The van der Waals surface area contributed by atoms with Gasteiger partial charge in [0.25, 0.3) is 5.91 Å². The Labute approximate surface area is 151 Å². The standard InChI is InChI=1S/C21H19FN2O2/c22-17-6-8-18(9-7-17)24-20(25)14-19(21(24)26)23-12-10-16(11-13-23)15-4-2-1-3-5-15/h1-10,19H,11-14H2/p+1/t19-/m0/s1. The number of benzene rings is 2. The van der Waals surface area contributed by atoms with E-state index in [1.807, 2.05) is 18.2 Å². The van der Waals surface area contributed by atoms with Gasteiger partial charge in [0, 0.05) is 6.42 Å². The minimum absolute atomic E-state index is 0.187. The predicted octanol–water partition coefficient (Wildman–Crippen LogP) is 1.83. The molecule has 5 heteroatoms. The molecule has 0 aliphatic carbocycles. The van der Waals surface area contributed by atoms with Crippen molar-refractivity contribution in [2.45, 2.75) is 18.9 Å². The molecule has 2 atom stereocenters. The van der Waals surface area contributed by atoms with E-state index < -0.39 is 0 Å². The van der Waals surface area contributed by atoms with Crippen molar-refractivity contribution in [3.05, 3.63) is 72.1 Å². The summed E-state index contributed by atoms with van der Waals surface area (Å²) in [5.74, 6) is -0.783. The quantitative estimate of drug-likeness (QED) is 0.858. The van der Waals surface area contributed by atoms with Crippen LogP contribution < -0.4 is 9.80 Å². The van der Waals surface area contributed by atoms with Crippen molar-refractivity contribution in [1.29, 1.82) is 0 Å². The molecule has 2 aromatic carbocycles. The highest BCUT2D eigenvalue weighted by molar-refractivity contribution is 6.21. The van der Waals surface area contributed by atoms with E-state index >= 15 is 0 Å². The summed E-state index contributed by atoms with van der Waals surface area (Å²) in [4.78, 5) is 27.5. The summed E-state index contributed by atoms with van der Waals surface area (Å²) in [6.07, 6.45) is 3.26. The molecule has 26 heavy (non-hydrogen) atoms. The third-order valence-electron chi connectivity index (χ3n) is 5.19. The summed E-state index contributed by atoms with van der Waals surface area (Å²) in [6, 6.07) is 15.4. The fraction of sp³-hybridized carbons (Fsp3) is 0.238. The minimum atomic E-state index is -0.385. The van der Waals surface area contributed by atoms with Crippen LogP contribution in [0, 0.1) is 5.82 Å². The Morgan fingerprint density at radius 3 is 2.38 bits per heavy atom. The monoisotopic (exact) mass is 351 g/mol. The van der Waals surface area contributed by atoms with Gasteiger partial charge < -0.3 is 4.90 Å². The van der Waals surface area contributed by atoms with Crippen molar-refractivity contribution in [1.82, 2.24) is 0 Å². The van der Waals surface area contributed by atoms with Crippen LogP contribution >= 0.6 is 0 Å². The van der Waals surface area contributed by atoms with Crippen LogP contribution in [0.15, 0.2) is 60.7 Å². The van der Waals surface area contributed by atoms with E-state index in [0.717, 1.165) is 24.4 Å². The fourth-order valence-electron chi connectivity index (χ4n) is 3.80. The van der Waals surface area contributed by atoms with E-state index in [1.165, 1.54) is 40.3 Å². The van der Waals surface area contributed by atoms with Gasteiger partial charge in [-0.15, -0.1) is 0 Å². The molecule has 132 valence electrons. The molecular weight excluding hydrogens is 331 g/mol. The molecule has 2 aliphatic heterocycles. The smallest absolute Gasteiger partial charge is 0.292 e. The van der Waals surface area contributed by atoms with Crippen molar-refractivity contribution in [2.75, 3.05) is 18.0 Å². The van der Waals surface area contributed by atoms with Gasteiger partial charge in [-0.1, -0.05) is 30.3 Å². The first kappa shape index (κ1) is 16.7. The zero-order valence-electron chi connectivity index (χ0n) is 14.3. The summed E-state index contributed by atoms with van der Waals surface area (Å²) < 4.78 is 13.1. The van der Waals surface area contributed by atoms with Crippen LogP contribution in [0.4, 0.5) is 10.1 Å². The molecule has 4 rings (SSSR count). The molecule has 2 aliphatic rings. The first-order valence-electron chi connectivity index (χ1n) is 8.85. The lowest BCUT2D eigenvalue weighted by molar-refractivity contribution is -0.909. The fourth-order valence-corrected chi connectivity index (χ4v) is 3.80. The molecule has 2 heterocycles. The summed E-state index contributed by atoms with van der Waals surface area (Å²) in [5, 5.41) is 0. The van der Waals surface area contributed by atoms with Gasteiger partial charge in [0.15, 0.2) is 6.04 Å². The molecule has 0 radical (unpaired) electrons. The van der Waals surface area contributed by atoms with Crippen molar-refractivity contribution < 1.29 is 18.9 Å². The Balaban J connectivity index is 1.49.